The monoisotopic (exact) mass is 296 g/mol. The van der Waals surface area contributed by atoms with Crippen molar-refractivity contribution in [2.75, 3.05) is 25.5 Å². The molecule has 20 heavy (non-hydrogen) atoms. The zero-order chi connectivity index (χ0) is 14.8. The smallest absolute Gasteiger partial charge is 0.245 e. The molecule has 112 valence electrons. The largest absolute Gasteiger partial charge is 0.387 e. The Labute approximate surface area is 122 Å². The van der Waals surface area contributed by atoms with E-state index in [0.29, 0.717) is 23.7 Å². The SMILES string of the molecule is CNc1ccccc1S(=O)(=O)N1CCCC(C)(C)CC1. The number of para-hydroxylation sites is 1. The van der Waals surface area contributed by atoms with Crippen molar-refractivity contribution in [1.29, 1.82) is 0 Å². The molecule has 1 aromatic carbocycles. The number of anilines is 1. The molecule has 0 radical (unpaired) electrons. The van der Waals surface area contributed by atoms with Crippen LogP contribution in [-0.4, -0.2) is 32.9 Å². The number of nitrogens with zero attached hydrogens (tertiary/aromatic N) is 1. The molecule has 1 aliphatic rings. The minimum Gasteiger partial charge on any atom is -0.387 e. The molecule has 0 unspecified atom stereocenters. The van der Waals surface area contributed by atoms with E-state index in [4.69, 9.17) is 0 Å². The first-order valence-corrected chi connectivity index (χ1v) is 8.58. The zero-order valence-electron chi connectivity index (χ0n) is 12.5. The van der Waals surface area contributed by atoms with E-state index in [1.165, 1.54) is 0 Å². The lowest BCUT2D eigenvalue weighted by atomic mass is 9.85. The van der Waals surface area contributed by atoms with Crippen LogP contribution in [0.25, 0.3) is 0 Å². The molecule has 1 aliphatic heterocycles. The predicted octanol–water partition coefficient (Wildman–Crippen LogP) is 2.93. The molecule has 1 aromatic rings. The average molecular weight is 296 g/mol. The highest BCUT2D eigenvalue weighted by Crippen LogP contribution is 2.33. The Kier molecular flexibility index (Phi) is 4.39. The Balaban J connectivity index is 2.30. The molecule has 1 heterocycles. The summed E-state index contributed by atoms with van der Waals surface area (Å²) in [5.41, 5.74) is 0.892. The van der Waals surface area contributed by atoms with E-state index < -0.39 is 10.0 Å². The molecule has 4 nitrogen and oxygen atoms in total. The summed E-state index contributed by atoms with van der Waals surface area (Å²) in [6.07, 6.45) is 2.91. The van der Waals surface area contributed by atoms with Gasteiger partial charge in [-0.1, -0.05) is 26.0 Å². The van der Waals surface area contributed by atoms with Gasteiger partial charge >= 0.3 is 0 Å². The summed E-state index contributed by atoms with van der Waals surface area (Å²) in [5, 5.41) is 2.97. The number of rotatable bonds is 3. The highest BCUT2D eigenvalue weighted by Gasteiger charge is 2.31. The van der Waals surface area contributed by atoms with Gasteiger partial charge in [0, 0.05) is 20.1 Å². The fourth-order valence-corrected chi connectivity index (χ4v) is 4.35. The third-order valence-corrected chi connectivity index (χ3v) is 6.03. The summed E-state index contributed by atoms with van der Waals surface area (Å²) in [5.74, 6) is 0. The molecule has 5 heteroatoms. The number of benzene rings is 1. The van der Waals surface area contributed by atoms with Crippen LogP contribution in [0.3, 0.4) is 0 Å². The van der Waals surface area contributed by atoms with Gasteiger partial charge in [0.15, 0.2) is 0 Å². The van der Waals surface area contributed by atoms with E-state index in [9.17, 15) is 8.42 Å². The summed E-state index contributed by atoms with van der Waals surface area (Å²) in [6.45, 7) is 5.65. The van der Waals surface area contributed by atoms with Crippen LogP contribution in [0.1, 0.15) is 33.1 Å². The van der Waals surface area contributed by atoms with Crippen molar-refractivity contribution in [3.05, 3.63) is 24.3 Å². The van der Waals surface area contributed by atoms with Gasteiger partial charge in [0.25, 0.3) is 0 Å². The van der Waals surface area contributed by atoms with Gasteiger partial charge in [0.1, 0.15) is 4.90 Å². The fourth-order valence-electron chi connectivity index (χ4n) is 2.68. The second kappa shape index (κ2) is 5.74. The summed E-state index contributed by atoms with van der Waals surface area (Å²) in [7, 11) is -1.66. The molecular formula is C15H24N2O2S. The van der Waals surface area contributed by atoms with Crippen LogP contribution < -0.4 is 5.32 Å². The van der Waals surface area contributed by atoms with E-state index >= 15 is 0 Å². The molecule has 1 saturated heterocycles. The molecule has 0 spiro atoms. The van der Waals surface area contributed by atoms with Gasteiger partial charge in [-0.3, -0.25) is 0 Å². The van der Waals surface area contributed by atoms with E-state index in [1.807, 2.05) is 6.07 Å². The van der Waals surface area contributed by atoms with Crippen molar-refractivity contribution < 1.29 is 8.42 Å². The number of nitrogens with one attached hydrogen (secondary N) is 1. The van der Waals surface area contributed by atoms with Crippen LogP contribution in [0.15, 0.2) is 29.2 Å². The van der Waals surface area contributed by atoms with E-state index in [0.717, 1.165) is 19.3 Å². The van der Waals surface area contributed by atoms with E-state index in [-0.39, 0.29) is 5.41 Å². The van der Waals surface area contributed by atoms with Crippen molar-refractivity contribution in [2.45, 2.75) is 38.0 Å². The molecule has 1 N–H and O–H groups in total. The van der Waals surface area contributed by atoms with Gasteiger partial charge in [0.2, 0.25) is 10.0 Å². The lowest BCUT2D eigenvalue weighted by Crippen LogP contribution is -2.32. The maximum absolute atomic E-state index is 12.8. The van der Waals surface area contributed by atoms with Crippen LogP contribution in [-0.2, 0) is 10.0 Å². The van der Waals surface area contributed by atoms with Crippen LogP contribution in [0, 0.1) is 5.41 Å². The van der Waals surface area contributed by atoms with Crippen molar-refractivity contribution >= 4 is 15.7 Å². The molecule has 2 rings (SSSR count). The van der Waals surface area contributed by atoms with Gasteiger partial charge in [-0.05, 0) is 36.8 Å². The molecule has 0 aromatic heterocycles. The van der Waals surface area contributed by atoms with Crippen molar-refractivity contribution in [1.82, 2.24) is 4.31 Å². The Morgan fingerprint density at radius 3 is 2.55 bits per heavy atom. The average Bonchev–Trinajstić information content (AvgIpc) is 2.60. The number of hydrogen-bond donors (Lipinski definition) is 1. The normalized spacial score (nSPS) is 20.4. The van der Waals surface area contributed by atoms with Crippen LogP contribution in [0.5, 0.6) is 0 Å². The first-order chi connectivity index (χ1) is 9.37. The predicted molar refractivity (Wildman–Crippen MR) is 82.4 cm³/mol. The van der Waals surface area contributed by atoms with E-state index in [1.54, 1.807) is 29.6 Å². The quantitative estimate of drug-likeness (QED) is 0.933. The van der Waals surface area contributed by atoms with Gasteiger partial charge in [-0.15, -0.1) is 0 Å². The van der Waals surface area contributed by atoms with Gasteiger partial charge < -0.3 is 5.32 Å². The van der Waals surface area contributed by atoms with Crippen LogP contribution >= 0.6 is 0 Å². The molecule has 0 aliphatic carbocycles. The Morgan fingerprint density at radius 2 is 1.85 bits per heavy atom. The summed E-state index contributed by atoms with van der Waals surface area (Å²) in [4.78, 5) is 0.377. The van der Waals surface area contributed by atoms with Gasteiger partial charge in [-0.2, -0.15) is 4.31 Å². The minimum atomic E-state index is -3.41. The zero-order valence-corrected chi connectivity index (χ0v) is 13.3. The maximum Gasteiger partial charge on any atom is 0.245 e. The maximum atomic E-state index is 12.8. The van der Waals surface area contributed by atoms with Gasteiger partial charge in [0.05, 0.1) is 5.69 Å². The standard InChI is InChI=1S/C15H24N2O2S/c1-15(2)9-6-11-17(12-10-15)20(18,19)14-8-5-4-7-13(14)16-3/h4-5,7-8,16H,6,9-12H2,1-3H3. The second-order valence-electron chi connectivity index (χ2n) is 6.17. The highest BCUT2D eigenvalue weighted by atomic mass is 32.2. The topological polar surface area (TPSA) is 49.4 Å². The summed E-state index contributed by atoms with van der Waals surface area (Å²) in [6, 6.07) is 7.09. The summed E-state index contributed by atoms with van der Waals surface area (Å²) >= 11 is 0. The third-order valence-electron chi connectivity index (χ3n) is 4.07. The lowest BCUT2D eigenvalue weighted by molar-refractivity contribution is 0.315. The van der Waals surface area contributed by atoms with Gasteiger partial charge in [-0.25, -0.2) is 8.42 Å². The molecule has 0 bridgehead atoms. The minimum absolute atomic E-state index is 0.229. The Morgan fingerprint density at radius 1 is 1.15 bits per heavy atom. The summed E-state index contributed by atoms with van der Waals surface area (Å²) < 4.78 is 27.3. The first-order valence-electron chi connectivity index (χ1n) is 7.14. The highest BCUT2D eigenvalue weighted by molar-refractivity contribution is 7.89. The van der Waals surface area contributed by atoms with Crippen molar-refractivity contribution in [3.8, 4) is 0 Å². The van der Waals surface area contributed by atoms with Crippen molar-refractivity contribution in [2.24, 2.45) is 5.41 Å². The van der Waals surface area contributed by atoms with Crippen molar-refractivity contribution in [3.63, 3.8) is 0 Å². The van der Waals surface area contributed by atoms with Crippen LogP contribution in [0.4, 0.5) is 5.69 Å². The fraction of sp³-hybridized carbons (Fsp3) is 0.600. The lowest BCUT2D eigenvalue weighted by Gasteiger charge is -2.23. The molecule has 1 fully saturated rings. The number of hydrogen-bond acceptors (Lipinski definition) is 3. The number of sulfonamides is 1. The molecule has 0 atom stereocenters. The Bertz CT molecular complexity index is 567. The molecule has 0 amide bonds. The Hall–Kier alpha value is -1.07. The second-order valence-corrected chi connectivity index (χ2v) is 8.07. The molecule has 0 saturated carbocycles. The first kappa shape index (κ1) is 15.3. The van der Waals surface area contributed by atoms with Crippen LogP contribution in [0.2, 0.25) is 0 Å². The molecular weight excluding hydrogens is 272 g/mol. The third kappa shape index (κ3) is 3.15. The van der Waals surface area contributed by atoms with E-state index in [2.05, 4.69) is 19.2 Å².